The van der Waals surface area contributed by atoms with Gasteiger partial charge in [-0.2, -0.15) is 11.8 Å². The van der Waals surface area contributed by atoms with Gasteiger partial charge in [0.2, 0.25) is 5.92 Å². The summed E-state index contributed by atoms with van der Waals surface area (Å²) in [5, 5.41) is 9.01. The summed E-state index contributed by atoms with van der Waals surface area (Å²) in [4.78, 5) is 11.0. The molecular weight excluding hydrogens is 210 g/mol. The van der Waals surface area contributed by atoms with Crippen LogP contribution in [0.2, 0.25) is 0 Å². The van der Waals surface area contributed by atoms with E-state index < -0.39 is 23.7 Å². The van der Waals surface area contributed by atoms with Gasteiger partial charge in [0.05, 0.1) is 5.41 Å². The summed E-state index contributed by atoms with van der Waals surface area (Å²) < 4.78 is 25.7. The van der Waals surface area contributed by atoms with Gasteiger partial charge in [-0.15, -0.1) is 0 Å². The molecule has 0 radical (unpaired) electrons. The molecule has 82 valence electrons. The molecule has 5 heteroatoms. The van der Waals surface area contributed by atoms with Crippen LogP contribution >= 0.6 is 11.8 Å². The van der Waals surface area contributed by atoms with Crippen molar-refractivity contribution in [2.75, 3.05) is 11.5 Å². The lowest BCUT2D eigenvalue weighted by atomic mass is 9.80. The van der Waals surface area contributed by atoms with Crippen molar-refractivity contribution < 1.29 is 18.7 Å². The Bertz CT molecular complexity index is 219. The first-order chi connectivity index (χ1) is 6.36. The monoisotopic (exact) mass is 224 g/mol. The molecule has 1 saturated heterocycles. The number of halogens is 2. The molecule has 1 rings (SSSR count). The second-order valence-electron chi connectivity index (χ2n) is 3.99. The molecule has 1 fully saturated rings. The van der Waals surface area contributed by atoms with E-state index in [1.807, 2.05) is 0 Å². The maximum Gasteiger partial charge on any atom is 0.310 e. The predicted molar refractivity (Wildman–Crippen MR) is 51.9 cm³/mol. The van der Waals surface area contributed by atoms with Crippen LogP contribution in [0.1, 0.15) is 26.2 Å². The van der Waals surface area contributed by atoms with Crippen molar-refractivity contribution in [2.24, 2.45) is 5.41 Å². The average Bonchev–Trinajstić information content (AvgIpc) is 2.02. The molecule has 0 aliphatic carbocycles. The zero-order valence-corrected chi connectivity index (χ0v) is 8.87. The third kappa shape index (κ3) is 2.83. The Morgan fingerprint density at radius 2 is 2.29 bits per heavy atom. The highest BCUT2D eigenvalue weighted by atomic mass is 32.2. The zero-order valence-electron chi connectivity index (χ0n) is 8.06. The maximum atomic E-state index is 12.8. The number of alkyl halides is 2. The van der Waals surface area contributed by atoms with E-state index in [0.29, 0.717) is 18.6 Å². The van der Waals surface area contributed by atoms with Crippen molar-refractivity contribution in [3.05, 3.63) is 0 Å². The normalized spacial score (nSPS) is 28.8. The lowest BCUT2D eigenvalue weighted by molar-refractivity contribution is -0.153. The molecule has 0 amide bonds. The van der Waals surface area contributed by atoms with Crippen LogP contribution in [0.25, 0.3) is 0 Å². The van der Waals surface area contributed by atoms with Gasteiger partial charge in [-0.3, -0.25) is 4.79 Å². The van der Waals surface area contributed by atoms with Crippen molar-refractivity contribution in [3.63, 3.8) is 0 Å². The van der Waals surface area contributed by atoms with E-state index in [0.717, 1.165) is 12.7 Å². The van der Waals surface area contributed by atoms with Crippen molar-refractivity contribution in [3.8, 4) is 0 Å². The molecule has 1 unspecified atom stereocenters. The number of hydrogen-bond acceptors (Lipinski definition) is 2. The first-order valence-electron chi connectivity index (χ1n) is 4.55. The first kappa shape index (κ1) is 11.8. The smallest absolute Gasteiger partial charge is 0.310 e. The van der Waals surface area contributed by atoms with Crippen LogP contribution in [0.3, 0.4) is 0 Å². The Balaban J connectivity index is 2.76. The summed E-state index contributed by atoms with van der Waals surface area (Å²) in [5.74, 6) is -2.78. The Kier molecular flexibility index (Phi) is 3.40. The highest BCUT2D eigenvalue weighted by Crippen LogP contribution is 2.42. The third-order valence-electron chi connectivity index (χ3n) is 2.42. The predicted octanol–water partition coefficient (Wildman–Crippen LogP) is 2.63. The molecule has 1 heterocycles. The van der Waals surface area contributed by atoms with Crippen molar-refractivity contribution >= 4 is 17.7 Å². The van der Waals surface area contributed by atoms with Gasteiger partial charge in [0.25, 0.3) is 0 Å². The molecule has 1 aliphatic rings. The number of hydrogen-bond donors (Lipinski definition) is 1. The summed E-state index contributed by atoms with van der Waals surface area (Å²) in [6, 6.07) is 0. The topological polar surface area (TPSA) is 37.3 Å². The highest BCUT2D eigenvalue weighted by Gasteiger charge is 2.46. The minimum absolute atomic E-state index is 0.311. The van der Waals surface area contributed by atoms with E-state index in [-0.39, 0.29) is 0 Å². The van der Waals surface area contributed by atoms with Crippen molar-refractivity contribution in [1.82, 2.24) is 0 Å². The van der Waals surface area contributed by atoms with Crippen LogP contribution in [0.5, 0.6) is 0 Å². The van der Waals surface area contributed by atoms with E-state index in [2.05, 4.69) is 0 Å². The van der Waals surface area contributed by atoms with Crippen LogP contribution in [0.4, 0.5) is 8.78 Å². The van der Waals surface area contributed by atoms with E-state index >= 15 is 0 Å². The van der Waals surface area contributed by atoms with Gasteiger partial charge < -0.3 is 5.11 Å². The number of thioether (sulfide) groups is 1. The molecule has 0 aromatic heterocycles. The first-order valence-corrected chi connectivity index (χ1v) is 5.70. The molecule has 0 bridgehead atoms. The lowest BCUT2D eigenvalue weighted by Crippen LogP contribution is -2.40. The summed E-state index contributed by atoms with van der Waals surface area (Å²) >= 11 is 1.46. The Hall–Kier alpha value is -0.320. The molecule has 0 saturated carbocycles. The van der Waals surface area contributed by atoms with Gasteiger partial charge >= 0.3 is 5.97 Å². The number of carboxylic acid groups (broad SMARTS) is 1. The molecule has 1 aliphatic heterocycles. The molecule has 1 atom stereocenters. The SMILES string of the molecule is CC(F)(F)CC1(C(=O)O)CCCSC1. The van der Waals surface area contributed by atoms with Gasteiger partial charge in [-0.05, 0) is 25.5 Å². The number of carbonyl (C=O) groups is 1. The lowest BCUT2D eigenvalue weighted by Gasteiger charge is -2.34. The molecule has 1 N–H and O–H groups in total. The zero-order chi connectivity index (χ0) is 10.8. The molecular formula is C9H14F2O2S. The van der Waals surface area contributed by atoms with Gasteiger partial charge in [0, 0.05) is 12.2 Å². The van der Waals surface area contributed by atoms with E-state index in [1.165, 1.54) is 11.8 Å². The van der Waals surface area contributed by atoms with Gasteiger partial charge in [-0.1, -0.05) is 0 Å². The largest absolute Gasteiger partial charge is 0.481 e. The molecule has 14 heavy (non-hydrogen) atoms. The molecule has 0 spiro atoms. The summed E-state index contributed by atoms with van der Waals surface area (Å²) in [6.45, 7) is 0.789. The molecule has 0 aromatic rings. The Morgan fingerprint density at radius 1 is 1.64 bits per heavy atom. The van der Waals surface area contributed by atoms with Crippen molar-refractivity contribution in [1.29, 1.82) is 0 Å². The van der Waals surface area contributed by atoms with Gasteiger partial charge in [0.15, 0.2) is 0 Å². The summed E-state index contributed by atoms with van der Waals surface area (Å²) in [7, 11) is 0. The minimum atomic E-state index is -2.89. The Labute approximate surface area is 86.1 Å². The van der Waals surface area contributed by atoms with E-state index in [4.69, 9.17) is 5.11 Å². The minimum Gasteiger partial charge on any atom is -0.481 e. The third-order valence-corrected chi connectivity index (χ3v) is 3.76. The molecule has 2 nitrogen and oxygen atoms in total. The quantitative estimate of drug-likeness (QED) is 0.800. The van der Waals surface area contributed by atoms with Crippen LogP contribution in [0, 0.1) is 5.41 Å². The second-order valence-corrected chi connectivity index (χ2v) is 5.09. The average molecular weight is 224 g/mol. The van der Waals surface area contributed by atoms with Crippen LogP contribution < -0.4 is 0 Å². The van der Waals surface area contributed by atoms with Crippen LogP contribution in [-0.4, -0.2) is 28.5 Å². The van der Waals surface area contributed by atoms with Crippen LogP contribution in [-0.2, 0) is 4.79 Å². The number of aliphatic carboxylic acids is 1. The number of carboxylic acids is 1. The number of rotatable bonds is 3. The Morgan fingerprint density at radius 3 is 2.64 bits per heavy atom. The van der Waals surface area contributed by atoms with Gasteiger partial charge in [0.1, 0.15) is 0 Å². The van der Waals surface area contributed by atoms with Gasteiger partial charge in [-0.25, -0.2) is 8.78 Å². The summed E-state index contributed by atoms with van der Waals surface area (Å²) in [6.07, 6.45) is 0.550. The fourth-order valence-corrected chi connectivity index (χ4v) is 3.08. The standard InChI is InChI=1S/C9H14F2O2S/c1-8(10,11)5-9(7(12)13)3-2-4-14-6-9/h2-6H2,1H3,(H,12,13). The maximum absolute atomic E-state index is 12.8. The fraction of sp³-hybridized carbons (Fsp3) is 0.889. The van der Waals surface area contributed by atoms with E-state index in [9.17, 15) is 13.6 Å². The van der Waals surface area contributed by atoms with Crippen molar-refractivity contribution in [2.45, 2.75) is 32.1 Å². The summed E-state index contributed by atoms with van der Waals surface area (Å²) in [5.41, 5.74) is -1.21. The second kappa shape index (κ2) is 4.04. The van der Waals surface area contributed by atoms with Crippen LogP contribution in [0.15, 0.2) is 0 Å². The fourth-order valence-electron chi connectivity index (χ4n) is 1.83. The highest BCUT2D eigenvalue weighted by molar-refractivity contribution is 7.99. The van der Waals surface area contributed by atoms with E-state index in [1.54, 1.807) is 0 Å². The molecule has 0 aromatic carbocycles.